The zero-order valence-electron chi connectivity index (χ0n) is 10.2. The molecule has 0 unspecified atom stereocenters. The number of hydrogen-bond donors (Lipinski definition) is 0. The van der Waals surface area contributed by atoms with Crippen molar-refractivity contribution in [3.63, 3.8) is 0 Å². The van der Waals surface area contributed by atoms with Crippen LogP contribution in [0, 0.1) is 17.1 Å². The van der Waals surface area contributed by atoms with Gasteiger partial charge in [-0.3, -0.25) is 0 Å². The third kappa shape index (κ3) is 3.52. The first kappa shape index (κ1) is 15.3. The molecule has 2 rings (SSSR count). The number of benzene rings is 2. The van der Waals surface area contributed by atoms with Gasteiger partial charge in [0.05, 0.1) is 17.2 Å². The van der Waals surface area contributed by atoms with Crippen molar-refractivity contribution in [2.24, 2.45) is 0 Å². The smallest absolute Gasteiger partial charge is 0.417 e. The monoisotopic (exact) mass is 359 g/mol. The summed E-state index contributed by atoms with van der Waals surface area (Å²) in [6, 6.07) is 8.18. The molecule has 0 saturated carbocycles. The molecule has 0 heterocycles. The van der Waals surface area contributed by atoms with Gasteiger partial charge in [-0.05, 0) is 36.4 Å². The van der Waals surface area contributed by atoms with Crippen molar-refractivity contribution in [3.05, 3.63) is 57.8 Å². The summed E-state index contributed by atoms with van der Waals surface area (Å²) >= 11 is 3.06. The first-order chi connectivity index (χ1) is 9.81. The lowest BCUT2D eigenvalue weighted by molar-refractivity contribution is -0.137. The molecule has 0 N–H and O–H groups in total. The minimum Gasteiger partial charge on any atom is -0.454 e. The normalized spacial score (nSPS) is 11.0. The summed E-state index contributed by atoms with van der Waals surface area (Å²) in [4.78, 5) is 0. The molecule has 0 radical (unpaired) electrons. The van der Waals surface area contributed by atoms with Crippen molar-refractivity contribution in [1.29, 1.82) is 5.26 Å². The molecule has 0 aliphatic rings. The van der Waals surface area contributed by atoms with Crippen LogP contribution in [0.4, 0.5) is 17.6 Å². The number of nitrogens with zero attached hydrogens (tertiary/aromatic N) is 1. The molecule has 0 amide bonds. The second-order valence-electron chi connectivity index (χ2n) is 3.99. The molecule has 2 nitrogen and oxygen atoms in total. The largest absolute Gasteiger partial charge is 0.454 e. The third-order valence-corrected chi connectivity index (χ3v) is 3.03. The van der Waals surface area contributed by atoms with E-state index in [0.717, 1.165) is 12.1 Å². The Bertz CT molecular complexity index is 722. The summed E-state index contributed by atoms with van der Waals surface area (Å²) in [7, 11) is 0. The molecule has 2 aromatic carbocycles. The van der Waals surface area contributed by atoms with Crippen molar-refractivity contribution in [1.82, 2.24) is 0 Å². The first-order valence-electron chi connectivity index (χ1n) is 5.55. The molecule has 0 fully saturated rings. The fraction of sp³-hybridized carbons (Fsp3) is 0.0714. The summed E-state index contributed by atoms with van der Waals surface area (Å²) in [5.41, 5.74) is -1.65. The highest BCUT2D eigenvalue weighted by Gasteiger charge is 2.34. The van der Waals surface area contributed by atoms with Crippen LogP contribution in [0.1, 0.15) is 11.1 Å². The van der Waals surface area contributed by atoms with Crippen molar-refractivity contribution in [2.75, 3.05) is 0 Å². The average molecular weight is 360 g/mol. The Morgan fingerprint density at radius 3 is 2.38 bits per heavy atom. The molecule has 2 aromatic rings. The zero-order valence-corrected chi connectivity index (χ0v) is 11.8. The van der Waals surface area contributed by atoms with Gasteiger partial charge in [0.1, 0.15) is 5.75 Å². The van der Waals surface area contributed by atoms with Gasteiger partial charge in [-0.1, -0.05) is 15.9 Å². The Hall–Kier alpha value is -2.07. The molecule has 0 spiro atoms. The fourth-order valence-corrected chi connectivity index (χ4v) is 1.94. The van der Waals surface area contributed by atoms with E-state index in [2.05, 4.69) is 15.9 Å². The Kier molecular flexibility index (Phi) is 4.19. The van der Waals surface area contributed by atoms with Gasteiger partial charge in [-0.25, -0.2) is 4.39 Å². The van der Waals surface area contributed by atoms with Crippen LogP contribution < -0.4 is 4.74 Å². The molecule has 21 heavy (non-hydrogen) atoms. The minimum atomic E-state index is -4.69. The topological polar surface area (TPSA) is 33.0 Å². The highest BCUT2D eigenvalue weighted by Crippen LogP contribution is 2.35. The molecular formula is C14H6BrF4NO. The second kappa shape index (κ2) is 5.74. The quantitative estimate of drug-likeness (QED) is 0.684. The van der Waals surface area contributed by atoms with Crippen LogP contribution in [-0.2, 0) is 6.18 Å². The molecule has 0 aliphatic heterocycles. The van der Waals surface area contributed by atoms with Crippen molar-refractivity contribution < 1.29 is 22.3 Å². The maximum absolute atomic E-state index is 13.6. The van der Waals surface area contributed by atoms with E-state index in [1.165, 1.54) is 24.3 Å². The van der Waals surface area contributed by atoms with E-state index < -0.39 is 23.1 Å². The number of hydrogen-bond acceptors (Lipinski definition) is 2. The molecule has 0 aliphatic carbocycles. The molecule has 0 atom stereocenters. The van der Waals surface area contributed by atoms with E-state index in [1.807, 2.05) is 0 Å². The molecule has 108 valence electrons. The van der Waals surface area contributed by atoms with E-state index in [4.69, 9.17) is 10.00 Å². The van der Waals surface area contributed by atoms with Crippen LogP contribution in [0.25, 0.3) is 0 Å². The maximum Gasteiger partial charge on any atom is 0.417 e. The van der Waals surface area contributed by atoms with Gasteiger partial charge in [0, 0.05) is 4.47 Å². The lowest BCUT2D eigenvalue weighted by atomic mass is 10.1. The highest BCUT2D eigenvalue weighted by atomic mass is 79.9. The Morgan fingerprint density at radius 1 is 1.10 bits per heavy atom. The van der Waals surface area contributed by atoms with Gasteiger partial charge in [-0.15, -0.1) is 0 Å². The van der Waals surface area contributed by atoms with Crippen LogP contribution in [0.3, 0.4) is 0 Å². The van der Waals surface area contributed by atoms with E-state index in [1.54, 1.807) is 0 Å². The minimum absolute atomic E-state index is 0.206. The lowest BCUT2D eigenvalue weighted by Crippen LogP contribution is -2.08. The molecule has 0 aromatic heterocycles. The molecule has 0 bridgehead atoms. The first-order valence-corrected chi connectivity index (χ1v) is 6.35. The zero-order chi connectivity index (χ0) is 15.6. The number of ether oxygens (including phenoxy) is 1. The van der Waals surface area contributed by atoms with E-state index >= 15 is 0 Å². The highest BCUT2D eigenvalue weighted by molar-refractivity contribution is 9.10. The van der Waals surface area contributed by atoms with E-state index in [9.17, 15) is 17.6 Å². The number of halogens is 5. The lowest BCUT2D eigenvalue weighted by Gasteiger charge is -2.12. The Morgan fingerprint density at radius 2 is 1.81 bits per heavy atom. The predicted molar refractivity (Wildman–Crippen MR) is 70.3 cm³/mol. The summed E-state index contributed by atoms with van der Waals surface area (Å²) in [5.74, 6) is -1.14. The van der Waals surface area contributed by atoms with Crippen LogP contribution in [-0.4, -0.2) is 0 Å². The summed E-state index contributed by atoms with van der Waals surface area (Å²) < 4.78 is 57.6. The molecular weight excluding hydrogens is 354 g/mol. The van der Waals surface area contributed by atoms with Gasteiger partial charge in [0.15, 0.2) is 11.6 Å². The van der Waals surface area contributed by atoms with Gasteiger partial charge in [0.25, 0.3) is 0 Å². The van der Waals surface area contributed by atoms with Gasteiger partial charge in [-0.2, -0.15) is 18.4 Å². The summed E-state index contributed by atoms with van der Waals surface area (Å²) in [6.07, 6.45) is -4.69. The van der Waals surface area contributed by atoms with E-state index in [-0.39, 0.29) is 11.5 Å². The fourth-order valence-electron chi connectivity index (χ4n) is 1.60. The maximum atomic E-state index is 13.6. The van der Waals surface area contributed by atoms with Crippen molar-refractivity contribution >= 4 is 15.9 Å². The van der Waals surface area contributed by atoms with Gasteiger partial charge >= 0.3 is 6.18 Å². The molecule has 0 saturated heterocycles. The van der Waals surface area contributed by atoms with Crippen LogP contribution in [0.15, 0.2) is 40.9 Å². The second-order valence-corrected chi connectivity index (χ2v) is 4.91. The van der Waals surface area contributed by atoms with E-state index in [0.29, 0.717) is 10.5 Å². The number of nitriles is 1. The third-order valence-electron chi connectivity index (χ3n) is 2.54. The van der Waals surface area contributed by atoms with Gasteiger partial charge < -0.3 is 4.74 Å². The van der Waals surface area contributed by atoms with Crippen LogP contribution in [0.5, 0.6) is 11.5 Å². The Balaban J connectivity index is 2.40. The number of alkyl halides is 3. The van der Waals surface area contributed by atoms with Crippen molar-refractivity contribution in [2.45, 2.75) is 6.18 Å². The summed E-state index contributed by atoms with van der Waals surface area (Å²) in [5, 5.41) is 8.68. The average Bonchev–Trinajstić information content (AvgIpc) is 2.41. The molecule has 7 heteroatoms. The van der Waals surface area contributed by atoms with Crippen LogP contribution >= 0.6 is 15.9 Å². The Labute approximate surface area is 125 Å². The number of rotatable bonds is 2. The van der Waals surface area contributed by atoms with Crippen molar-refractivity contribution in [3.8, 4) is 17.6 Å². The predicted octanol–water partition coefficient (Wildman–Crippen LogP) is 5.27. The standard InChI is InChI=1S/C14H6BrF4NO/c15-9-2-4-13(12(16)5-9)21-10-3-1-8(7-20)11(6-10)14(17,18)19/h1-6H. The van der Waals surface area contributed by atoms with Gasteiger partial charge in [0.2, 0.25) is 0 Å². The summed E-state index contributed by atoms with van der Waals surface area (Å²) in [6.45, 7) is 0. The van der Waals surface area contributed by atoms with Crippen LogP contribution in [0.2, 0.25) is 0 Å². The SMILES string of the molecule is N#Cc1ccc(Oc2ccc(Br)cc2F)cc1C(F)(F)F.